The van der Waals surface area contributed by atoms with Gasteiger partial charge in [-0.3, -0.25) is 0 Å². The molecule has 1 unspecified atom stereocenters. The fraction of sp³-hybridized carbons (Fsp3) is 0.882. The lowest BCUT2D eigenvalue weighted by molar-refractivity contribution is -0.933. The van der Waals surface area contributed by atoms with Crippen molar-refractivity contribution in [2.75, 3.05) is 19.3 Å². The van der Waals surface area contributed by atoms with Crippen molar-refractivity contribution < 1.29 is 4.90 Å². The summed E-state index contributed by atoms with van der Waals surface area (Å²) in [6.45, 7) is 8.25. The Kier molecular flexibility index (Phi) is 5.45. The molecule has 22 heavy (non-hydrogen) atoms. The van der Waals surface area contributed by atoms with Crippen LogP contribution in [0, 0.1) is 5.92 Å². The average Bonchev–Trinajstić information content (AvgIpc) is 2.98. The van der Waals surface area contributed by atoms with Crippen LogP contribution in [0.2, 0.25) is 0 Å². The van der Waals surface area contributed by atoms with Crippen molar-refractivity contribution in [2.24, 2.45) is 5.92 Å². The zero-order valence-corrected chi connectivity index (χ0v) is 15.2. The number of piperidine rings is 1. The van der Waals surface area contributed by atoms with Crippen molar-refractivity contribution in [3.05, 3.63) is 5.82 Å². The predicted molar refractivity (Wildman–Crippen MR) is 91.6 cm³/mol. The van der Waals surface area contributed by atoms with Crippen molar-refractivity contribution in [2.45, 2.75) is 76.0 Å². The molecule has 0 aromatic carbocycles. The number of likely N-dealkylation sites (tertiary alicyclic amines) is 1. The second-order valence-electron chi connectivity index (χ2n) is 7.20. The molecule has 2 aliphatic rings. The Morgan fingerprint density at radius 1 is 1.18 bits per heavy atom. The number of nitrogens with one attached hydrogen (secondary N) is 1. The fourth-order valence-corrected chi connectivity index (χ4v) is 4.97. The summed E-state index contributed by atoms with van der Waals surface area (Å²) >= 11 is 1.72. The average molecular weight is 324 g/mol. The van der Waals surface area contributed by atoms with Crippen LogP contribution in [-0.2, 0) is 6.54 Å². The molecule has 2 fully saturated rings. The van der Waals surface area contributed by atoms with E-state index in [0.717, 1.165) is 23.7 Å². The molecule has 2 atom stereocenters. The Bertz CT molecular complexity index is 479. The van der Waals surface area contributed by atoms with Crippen molar-refractivity contribution >= 4 is 11.8 Å². The van der Waals surface area contributed by atoms with E-state index in [0.29, 0.717) is 5.92 Å². The van der Waals surface area contributed by atoms with E-state index in [-0.39, 0.29) is 0 Å². The molecule has 0 radical (unpaired) electrons. The molecule has 0 spiro atoms. The van der Waals surface area contributed by atoms with E-state index in [1.165, 1.54) is 57.4 Å². The van der Waals surface area contributed by atoms with E-state index < -0.39 is 0 Å². The number of hydrogen-bond acceptors (Lipinski definition) is 3. The summed E-state index contributed by atoms with van der Waals surface area (Å²) < 4.78 is 2.33. The first kappa shape index (κ1) is 16.3. The van der Waals surface area contributed by atoms with Gasteiger partial charge in [-0.15, -0.1) is 10.2 Å². The van der Waals surface area contributed by atoms with Crippen LogP contribution in [0.15, 0.2) is 5.16 Å². The van der Waals surface area contributed by atoms with Gasteiger partial charge in [0.1, 0.15) is 5.82 Å². The van der Waals surface area contributed by atoms with E-state index in [1.54, 1.807) is 11.8 Å². The summed E-state index contributed by atoms with van der Waals surface area (Å²) in [5.41, 5.74) is 0. The van der Waals surface area contributed by atoms with Gasteiger partial charge in [-0.05, 0) is 57.6 Å². The number of aromatic nitrogens is 3. The minimum atomic E-state index is 0.608. The second kappa shape index (κ2) is 7.35. The van der Waals surface area contributed by atoms with Gasteiger partial charge in [0.25, 0.3) is 0 Å². The van der Waals surface area contributed by atoms with Crippen LogP contribution in [0.4, 0.5) is 0 Å². The van der Waals surface area contributed by atoms with Gasteiger partial charge in [0, 0.05) is 6.54 Å². The minimum absolute atomic E-state index is 0.608. The molecule has 1 aromatic heterocycles. The quantitative estimate of drug-likeness (QED) is 0.864. The van der Waals surface area contributed by atoms with Crippen molar-refractivity contribution in [1.82, 2.24) is 14.8 Å². The molecule has 0 amide bonds. The van der Waals surface area contributed by atoms with E-state index >= 15 is 0 Å². The fourth-order valence-electron chi connectivity index (χ4n) is 4.41. The van der Waals surface area contributed by atoms with Crippen LogP contribution in [0.5, 0.6) is 0 Å². The van der Waals surface area contributed by atoms with Gasteiger partial charge in [0.05, 0.1) is 25.0 Å². The first-order chi connectivity index (χ1) is 10.7. The molecule has 1 aliphatic carbocycles. The van der Waals surface area contributed by atoms with Crippen LogP contribution in [-0.4, -0.2) is 40.2 Å². The maximum atomic E-state index is 4.55. The highest BCUT2D eigenvalue weighted by atomic mass is 32.2. The van der Waals surface area contributed by atoms with Gasteiger partial charge in [-0.1, -0.05) is 18.7 Å². The van der Waals surface area contributed by atoms with Crippen molar-refractivity contribution in [3.63, 3.8) is 0 Å². The van der Waals surface area contributed by atoms with Gasteiger partial charge in [0.15, 0.2) is 5.16 Å². The number of thioether (sulfide) groups is 1. The highest BCUT2D eigenvalue weighted by Crippen LogP contribution is 2.26. The Labute approximate surface area is 139 Å². The monoisotopic (exact) mass is 323 g/mol. The molecular weight excluding hydrogens is 292 g/mol. The molecule has 2 heterocycles. The van der Waals surface area contributed by atoms with Crippen molar-refractivity contribution in [3.8, 4) is 0 Å². The molecule has 1 N–H and O–H groups in total. The highest BCUT2D eigenvalue weighted by Gasteiger charge is 2.34. The summed E-state index contributed by atoms with van der Waals surface area (Å²) in [6, 6.07) is 0.900. The Hall–Kier alpha value is -0.550. The Balaban J connectivity index is 1.69. The Morgan fingerprint density at radius 3 is 2.64 bits per heavy atom. The SMILES string of the molecule is CCn1c(SC)nnc1[C@H]1CCC[NH+](C2CCC(C)CC2)C1. The third-order valence-corrected chi connectivity index (χ3v) is 6.43. The first-order valence-corrected chi connectivity index (χ1v) is 10.3. The molecule has 5 heteroatoms. The smallest absolute Gasteiger partial charge is 0.190 e. The third-order valence-electron chi connectivity index (χ3n) is 5.76. The van der Waals surface area contributed by atoms with E-state index in [9.17, 15) is 0 Å². The zero-order chi connectivity index (χ0) is 15.5. The second-order valence-corrected chi connectivity index (χ2v) is 7.97. The van der Waals surface area contributed by atoms with Crippen LogP contribution in [0.1, 0.15) is 64.1 Å². The summed E-state index contributed by atoms with van der Waals surface area (Å²) in [7, 11) is 0. The minimum Gasteiger partial charge on any atom is -0.332 e. The molecular formula is C17H31N4S+. The van der Waals surface area contributed by atoms with Crippen LogP contribution >= 0.6 is 11.8 Å². The summed E-state index contributed by atoms with van der Waals surface area (Å²) in [5.74, 6) is 2.80. The molecule has 1 aromatic rings. The Morgan fingerprint density at radius 2 is 1.95 bits per heavy atom. The highest BCUT2D eigenvalue weighted by molar-refractivity contribution is 7.98. The van der Waals surface area contributed by atoms with E-state index in [1.807, 2.05) is 4.90 Å². The molecule has 3 rings (SSSR count). The largest absolute Gasteiger partial charge is 0.332 e. The molecule has 124 valence electrons. The molecule has 4 nitrogen and oxygen atoms in total. The van der Waals surface area contributed by atoms with Crippen LogP contribution in [0.3, 0.4) is 0 Å². The maximum Gasteiger partial charge on any atom is 0.190 e. The van der Waals surface area contributed by atoms with Gasteiger partial charge in [-0.25, -0.2) is 0 Å². The molecule has 1 saturated carbocycles. The van der Waals surface area contributed by atoms with E-state index in [2.05, 4.69) is 34.9 Å². The molecule has 1 aliphatic heterocycles. The van der Waals surface area contributed by atoms with Gasteiger partial charge in [0.2, 0.25) is 0 Å². The molecule has 0 bridgehead atoms. The van der Waals surface area contributed by atoms with Crippen LogP contribution in [0.25, 0.3) is 0 Å². The van der Waals surface area contributed by atoms with E-state index in [4.69, 9.17) is 0 Å². The third kappa shape index (κ3) is 3.35. The lowest BCUT2D eigenvalue weighted by Gasteiger charge is -2.38. The predicted octanol–water partition coefficient (Wildman–Crippen LogP) is 2.36. The lowest BCUT2D eigenvalue weighted by atomic mass is 9.85. The maximum absolute atomic E-state index is 4.55. The lowest BCUT2D eigenvalue weighted by Crippen LogP contribution is -3.17. The number of quaternary nitrogens is 1. The standard InChI is InChI=1S/C17H30N4S/c1-4-21-16(18-19-17(21)22-3)14-6-5-11-20(12-14)15-9-7-13(2)8-10-15/h13-15H,4-12H2,1-3H3/p+1/t13?,14-,15?/m0/s1. The zero-order valence-electron chi connectivity index (χ0n) is 14.3. The van der Waals surface area contributed by atoms with Gasteiger partial charge < -0.3 is 9.47 Å². The first-order valence-electron chi connectivity index (χ1n) is 9.04. The normalized spacial score (nSPS) is 33.0. The number of nitrogens with zero attached hydrogens (tertiary/aromatic N) is 3. The molecule has 1 saturated heterocycles. The topological polar surface area (TPSA) is 35.1 Å². The number of rotatable bonds is 4. The summed E-state index contributed by atoms with van der Waals surface area (Å²) in [6.07, 6.45) is 10.5. The van der Waals surface area contributed by atoms with Gasteiger partial charge in [-0.2, -0.15) is 0 Å². The van der Waals surface area contributed by atoms with Crippen LogP contribution < -0.4 is 4.90 Å². The summed E-state index contributed by atoms with van der Waals surface area (Å²) in [4.78, 5) is 1.85. The van der Waals surface area contributed by atoms with Crippen molar-refractivity contribution in [1.29, 1.82) is 0 Å². The van der Waals surface area contributed by atoms with Gasteiger partial charge >= 0.3 is 0 Å². The summed E-state index contributed by atoms with van der Waals surface area (Å²) in [5, 5.41) is 10.0. The number of hydrogen-bond donors (Lipinski definition) is 1.